The van der Waals surface area contributed by atoms with Crippen molar-refractivity contribution in [2.45, 2.75) is 0 Å². The number of hydrogen-bond acceptors (Lipinski definition) is 3. The first-order chi connectivity index (χ1) is 10.3. The molecule has 0 saturated carbocycles. The average Bonchev–Trinajstić information content (AvgIpc) is 2.50. The van der Waals surface area contributed by atoms with Crippen LogP contribution in [0.3, 0.4) is 0 Å². The van der Waals surface area contributed by atoms with Crippen LogP contribution in [0.25, 0.3) is 18.2 Å². The van der Waals surface area contributed by atoms with E-state index in [1.54, 1.807) is 21.3 Å². The van der Waals surface area contributed by atoms with E-state index in [0.29, 0.717) is 19.8 Å². The van der Waals surface area contributed by atoms with Crippen LogP contribution in [0.2, 0.25) is 0 Å². The predicted molar refractivity (Wildman–Crippen MR) is 89.2 cm³/mol. The van der Waals surface area contributed by atoms with E-state index in [1.807, 2.05) is 18.2 Å². The van der Waals surface area contributed by atoms with E-state index in [9.17, 15) is 0 Å². The molecule has 0 aliphatic carbocycles. The highest BCUT2D eigenvalue weighted by Gasteiger charge is 1.97. The van der Waals surface area contributed by atoms with Crippen molar-refractivity contribution in [1.29, 1.82) is 0 Å². The maximum absolute atomic E-state index is 5.06. The quantitative estimate of drug-likeness (QED) is 0.694. The molecule has 1 aromatic rings. The molecule has 0 aliphatic heterocycles. The zero-order valence-electron chi connectivity index (χ0n) is 13.0. The molecule has 0 aliphatic rings. The molecule has 0 aromatic heterocycles. The maximum Gasteiger partial charge on any atom is 0.0646 e. The molecule has 0 unspecified atom stereocenters. The third kappa shape index (κ3) is 7.04. The van der Waals surface area contributed by atoms with Crippen LogP contribution in [0.15, 0.2) is 36.4 Å². The summed E-state index contributed by atoms with van der Waals surface area (Å²) in [5, 5.41) is 0. The predicted octanol–water partition coefficient (Wildman–Crippen LogP) is 3.67. The van der Waals surface area contributed by atoms with Crippen LogP contribution in [0.4, 0.5) is 0 Å². The van der Waals surface area contributed by atoms with E-state index in [0.717, 1.165) is 16.7 Å². The molecule has 0 saturated heterocycles. The highest BCUT2D eigenvalue weighted by atomic mass is 16.5. The fraction of sp³-hybridized carbons (Fsp3) is 0.333. The average molecular weight is 288 g/mol. The summed E-state index contributed by atoms with van der Waals surface area (Å²) in [5.74, 6) is 0. The van der Waals surface area contributed by atoms with E-state index in [-0.39, 0.29) is 0 Å². The van der Waals surface area contributed by atoms with Gasteiger partial charge in [0.05, 0.1) is 19.8 Å². The smallest absolute Gasteiger partial charge is 0.0646 e. The zero-order valence-corrected chi connectivity index (χ0v) is 13.0. The molecule has 0 amide bonds. The summed E-state index contributed by atoms with van der Waals surface area (Å²) in [6.07, 6.45) is 12.2. The van der Waals surface area contributed by atoms with Crippen LogP contribution in [-0.2, 0) is 14.2 Å². The van der Waals surface area contributed by atoms with Gasteiger partial charge in [0.25, 0.3) is 0 Å². The monoisotopic (exact) mass is 288 g/mol. The van der Waals surface area contributed by atoms with Crippen LogP contribution in [-0.4, -0.2) is 41.2 Å². The van der Waals surface area contributed by atoms with Crippen molar-refractivity contribution >= 4 is 18.2 Å². The lowest BCUT2D eigenvalue weighted by atomic mass is 10.0. The molecule has 0 N–H and O–H groups in total. The minimum atomic E-state index is 0.602. The maximum atomic E-state index is 5.06. The Bertz CT molecular complexity index is 487. The first-order valence-electron chi connectivity index (χ1n) is 6.92. The lowest BCUT2D eigenvalue weighted by Gasteiger charge is -2.04. The number of benzene rings is 1. The van der Waals surface area contributed by atoms with Gasteiger partial charge in [-0.05, 0) is 22.8 Å². The van der Waals surface area contributed by atoms with Gasteiger partial charge in [-0.15, -0.1) is 0 Å². The number of hydrogen-bond donors (Lipinski definition) is 0. The number of rotatable bonds is 9. The molecule has 0 atom stereocenters. The Balaban J connectivity index is 2.95. The van der Waals surface area contributed by atoms with Gasteiger partial charge >= 0.3 is 0 Å². The van der Waals surface area contributed by atoms with E-state index in [2.05, 4.69) is 36.4 Å². The Morgan fingerprint density at radius 1 is 0.714 bits per heavy atom. The molecular weight excluding hydrogens is 264 g/mol. The normalized spacial score (nSPS) is 12.1. The van der Waals surface area contributed by atoms with Gasteiger partial charge in [-0.25, -0.2) is 0 Å². The summed E-state index contributed by atoms with van der Waals surface area (Å²) in [6, 6.07) is 6.34. The second-order valence-corrected chi connectivity index (χ2v) is 4.46. The molecule has 0 bridgehead atoms. The zero-order chi connectivity index (χ0) is 15.3. The molecule has 114 valence electrons. The fourth-order valence-corrected chi connectivity index (χ4v) is 1.82. The van der Waals surface area contributed by atoms with Crippen molar-refractivity contribution in [3.63, 3.8) is 0 Å². The van der Waals surface area contributed by atoms with Crippen LogP contribution >= 0.6 is 0 Å². The highest BCUT2D eigenvalue weighted by Crippen LogP contribution is 2.17. The molecule has 0 fully saturated rings. The van der Waals surface area contributed by atoms with Crippen molar-refractivity contribution in [1.82, 2.24) is 0 Å². The van der Waals surface area contributed by atoms with E-state index in [4.69, 9.17) is 14.2 Å². The minimum Gasteiger partial charge on any atom is -0.381 e. The Labute approximate surface area is 127 Å². The van der Waals surface area contributed by atoms with Crippen molar-refractivity contribution in [2.75, 3.05) is 41.2 Å². The van der Waals surface area contributed by atoms with Crippen LogP contribution in [0.1, 0.15) is 16.7 Å². The summed E-state index contributed by atoms with van der Waals surface area (Å²) in [4.78, 5) is 0. The summed E-state index contributed by atoms with van der Waals surface area (Å²) < 4.78 is 15.1. The van der Waals surface area contributed by atoms with Gasteiger partial charge in [0.2, 0.25) is 0 Å². The topological polar surface area (TPSA) is 27.7 Å². The van der Waals surface area contributed by atoms with E-state index >= 15 is 0 Å². The Kier molecular flexibility index (Phi) is 9.13. The first kappa shape index (κ1) is 17.4. The summed E-state index contributed by atoms with van der Waals surface area (Å²) >= 11 is 0. The molecule has 0 heterocycles. The third-order valence-corrected chi connectivity index (χ3v) is 2.80. The van der Waals surface area contributed by atoms with Gasteiger partial charge in [-0.1, -0.05) is 48.6 Å². The molecule has 1 rings (SSSR count). The second-order valence-electron chi connectivity index (χ2n) is 4.46. The Morgan fingerprint density at radius 3 is 1.81 bits per heavy atom. The molecular formula is C18H24O3. The largest absolute Gasteiger partial charge is 0.381 e. The van der Waals surface area contributed by atoms with Crippen LogP contribution < -0.4 is 0 Å². The molecule has 0 spiro atoms. The van der Waals surface area contributed by atoms with Crippen molar-refractivity contribution in [3.8, 4) is 0 Å². The molecule has 3 heteroatoms. The lowest BCUT2D eigenvalue weighted by Crippen LogP contribution is -1.87. The standard InChI is InChI=1S/C18H24O3/c1-19-12-4-7-16-10-11-17(8-5-13-20-2)18(15-16)9-6-14-21-3/h4-11,15H,12-14H2,1-3H3/b7-4+,8-5+,9-6+. The Morgan fingerprint density at radius 2 is 1.24 bits per heavy atom. The highest BCUT2D eigenvalue weighted by molar-refractivity contribution is 5.68. The van der Waals surface area contributed by atoms with Gasteiger partial charge in [-0.3, -0.25) is 0 Å². The lowest BCUT2D eigenvalue weighted by molar-refractivity contribution is 0.234. The van der Waals surface area contributed by atoms with Gasteiger partial charge in [0, 0.05) is 21.3 Å². The van der Waals surface area contributed by atoms with Crippen LogP contribution in [0, 0.1) is 0 Å². The molecule has 3 nitrogen and oxygen atoms in total. The number of methoxy groups -OCH3 is 3. The third-order valence-electron chi connectivity index (χ3n) is 2.80. The van der Waals surface area contributed by atoms with Gasteiger partial charge in [-0.2, -0.15) is 0 Å². The second kappa shape index (κ2) is 11.0. The SMILES string of the molecule is COC/C=C/c1ccc(/C=C/COC)c(/C=C/COC)c1. The van der Waals surface area contributed by atoms with Crippen LogP contribution in [0.5, 0.6) is 0 Å². The molecule has 1 aromatic carbocycles. The molecule has 21 heavy (non-hydrogen) atoms. The minimum absolute atomic E-state index is 0.602. The Hall–Kier alpha value is -1.68. The van der Waals surface area contributed by atoms with Gasteiger partial charge in [0.1, 0.15) is 0 Å². The fourth-order valence-electron chi connectivity index (χ4n) is 1.82. The van der Waals surface area contributed by atoms with Gasteiger partial charge < -0.3 is 14.2 Å². The van der Waals surface area contributed by atoms with E-state index in [1.165, 1.54) is 0 Å². The van der Waals surface area contributed by atoms with Crippen molar-refractivity contribution < 1.29 is 14.2 Å². The summed E-state index contributed by atoms with van der Waals surface area (Å²) in [5.41, 5.74) is 3.45. The van der Waals surface area contributed by atoms with Gasteiger partial charge in [0.15, 0.2) is 0 Å². The molecule has 0 radical (unpaired) electrons. The summed E-state index contributed by atoms with van der Waals surface area (Å²) in [6.45, 7) is 1.83. The van der Waals surface area contributed by atoms with Crippen molar-refractivity contribution in [2.24, 2.45) is 0 Å². The number of ether oxygens (including phenoxy) is 3. The van der Waals surface area contributed by atoms with E-state index < -0.39 is 0 Å². The summed E-state index contributed by atoms with van der Waals surface area (Å²) in [7, 11) is 5.06. The first-order valence-corrected chi connectivity index (χ1v) is 6.92. The van der Waals surface area contributed by atoms with Crippen molar-refractivity contribution in [3.05, 3.63) is 53.1 Å².